The van der Waals surface area contributed by atoms with Crippen molar-refractivity contribution in [2.24, 2.45) is 0 Å². The van der Waals surface area contributed by atoms with Crippen LogP contribution in [-0.4, -0.2) is 31.3 Å². The van der Waals surface area contributed by atoms with E-state index in [0.29, 0.717) is 17.0 Å². The summed E-state index contributed by atoms with van der Waals surface area (Å²) in [4.78, 5) is 25.0. The molecular formula is C19H21N5O2. The molecule has 0 bridgehead atoms. The van der Waals surface area contributed by atoms with Crippen molar-refractivity contribution >= 4 is 11.4 Å². The van der Waals surface area contributed by atoms with Crippen molar-refractivity contribution in [1.82, 2.24) is 24.7 Å². The molecule has 1 aliphatic rings. The number of aryl methyl sites for hydroxylation is 1. The average Bonchev–Trinajstić information content (AvgIpc) is 3.30. The summed E-state index contributed by atoms with van der Waals surface area (Å²) >= 11 is 0. The number of fused-ring (bicyclic) bond motifs is 1. The van der Waals surface area contributed by atoms with E-state index in [4.69, 9.17) is 0 Å². The van der Waals surface area contributed by atoms with Crippen LogP contribution in [0.1, 0.15) is 31.5 Å². The van der Waals surface area contributed by atoms with Crippen molar-refractivity contribution in [2.75, 3.05) is 0 Å². The third-order valence-corrected chi connectivity index (χ3v) is 4.82. The second-order valence-electron chi connectivity index (χ2n) is 6.75. The first-order valence-corrected chi connectivity index (χ1v) is 8.94. The highest BCUT2D eigenvalue weighted by molar-refractivity contribution is 5.76. The standard InChI is InChI=1S/C19H21N5O2/c1-13-21-23(12-18(25)20-15-9-5-6-10-15)19(26)17-11-16(22-24(13)17)14-7-3-2-4-8-14/h2-4,7-8,11,15H,5-6,9-10,12H2,1H3,(H,20,25). The Morgan fingerprint density at radius 1 is 1.19 bits per heavy atom. The number of nitrogens with one attached hydrogen (secondary N) is 1. The number of rotatable bonds is 4. The Morgan fingerprint density at radius 3 is 2.65 bits per heavy atom. The third-order valence-electron chi connectivity index (χ3n) is 4.82. The molecule has 134 valence electrons. The van der Waals surface area contributed by atoms with Gasteiger partial charge in [0.15, 0.2) is 0 Å². The molecular weight excluding hydrogens is 330 g/mol. The quantitative estimate of drug-likeness (QED) is 0.779. The fourth-order valence-electron chi connectivity index (χ4n) is 3.51. The molecule has 0 saturated heterocycles. The number of carbonyl (C=O) groups is 1. The molecule has 0 radical (unpaired) electrons. The smallest absolute Gasteiger partial charge is 0.293 e. The summed E-state index contributed by atoms with van der Waals surface area (Å²) in [6.07, 6.45) is 4.31. The highest BCUT2D eigenvalue weighted by Gasteiger charge is 2.19. The maximum absolute atomic E-state index is 12.8. The third kappa shape index (κ3) is 3.12. The van der Waals surface area contributed by atoms with E-state index in [-0.39, 0.29) is 24.1 Å². The van der Waals surface area contributed by atoms with Gasteiger partial charge in [-0.25, -0.2) is 9.20 Å². The van der Waals surface area contributed by atoms with E-state index in [1.54, 1.807) is 13.0 Å². The van der Waals surface area contributed by atoms with Gasteiger partial charge in [0, 0.05) is 11.6 Å². The van der Waals surface area contributed by atoms with Gasteiger partial charge >= 0.3 is 0 Å². The molecule has 4 rings (SSSR count). The van der Waals surface area contributed by atoms with Gasteiger partial charge in [-0.15, -0.1) is 0 Å². The van der Waals surface area contributed by atoms with Crippen LogP contribution in [0.5, 0.6) is 0 Å². The molecule has 1 fully saturated rings. The molecule has 1 saturated carbocycles. The molecule has 1 amide bonds. The summed E-state index contributed by atoms with van der Waals surface area (Å²) in [5.41, 5.74) is 1.75. The number of benzene rings is 1. The van der Waals surface area contributed by atoms with E-state index in [9.17, 15) is 9.59 Å². The Labute approximate surface area is 150 Å². The van der Waals surface area contributed by atoms with E-state index in [0.717, 1.165) is 31.2 Å². The van der Waals surface area contributed by atoms with Crippen LogP contribution in [0, 0.1) is 6.92 Å². The number of aromatic nitrogens is 4. The predicted molar refractivity (Wildman–Crippen MR) is 97.8 cm³/mol. The van der Waals surface area contributed by atoms with Crippen molar-refractivity contribution in [1.29, 1.82) is 0 Å². The molecule has 7 heteroatoms. The molecule has 3 aromatic rings. The van der Waals surface area contributed by atoms with Gasteiger partial charge in [-0.2, -0.15) is 10.2 Å². The number of hydrogen-bond donors (Lipinski definition) is 1. The van der Waals surface area contributed by atoms with E-state index in [1.807, 2.05) is 30.3 Å². The first-order chi connectivity index (χ1) is 12.6. The van der Waals surface area contributed by atoms with E-state index >= 15 is 0 Å². The lowest BCUT2D eigenvalue weighted by atomic mass is 10.1. The Bertz CT molecular complexity index is 1000. The lowest BCUT2D eigenvalue weighted by Crippen LogP contribution is -2.39. The zero-order chi connectivity index (χ0) is 18.1. The van der Waals surface area contributed by atoms with Crippen LogP contribution in [0.3, 0.4) is 0 Å². The minimum Gasteiger partial charge on any atom is -0.352 e. The summed E-state index contributed by atoms with van der Waals surface area (Å²) in [6, 6.07) is 11.6. The summed E-state index contributed by atoms with van der Waals surface area (Å²) in [5, 5.41) is 11.7. The minimum atomic E-state index is -0.313. The van der Waals surface area contributed by atoms with Gasteiger partial charge in [0.2, 0.25) is 5.91 Å². The average molecular weight is 351 g/mol. The minimum absolute atomic E-state index is 0.0709. The zero-order valence-electron chi connectivity index (χ0n) is 14.7. The van der Waals surface area contributed by atoms with Crippen molar-refractivity contribution in [3.63, 3.8) is 0 Å². The predicted octanol–water partition coefficient (Wildman–Crippen LogP) is 1.93. The molecule has 2 aromatic heterocycles. The number of carbonyl (C=O) groups excluding carboxylic acids is 1. The zero-order valence-corrected chi connectivity index (χ0v) is 14.7. The lowest BCUT2D eigenvalue weighted by Gasteiger charge is -2.12. The SMILES string of the molecule is Cc1nn(CC(=O)NC2CCCC2)c(=O)c2cc(-c3ccccc3)nn12. The highest BCUT2D eigenvalue weighted by Crippen LogP contribution is 2.19. The Kier molecular flexibility index (Phi) is 4.28. The summed E-state index contributed by atoms with van der Waals surface area (Å²) in [5.74, 6) is 0.397. The molecule has 2 heterocycles. The molecule has 0 atom stereocenters. The van der Waals surface area contributed by atoms with Crippen LogP contribution in [0.25, 0.3) is 16.8 Å². The maximum Gasteiger partial charge on any atom is 0.293 e. The Hall–Kier alpha value is -2.96. The van der Waals surface area contributed by atoms with Gasteiger partial charge in [-0.1, -0.05) is 43.2 Å². The van der Waals surface area contributed by atoms with E-state index in [1.165, 1.54) is 9.20 Å². The maximum atomic E-state index is 12.8. The van der Waals surface area contributed by atoms with Crippen LogP contribution in [0.15, 0.2) is 41.2 Å². The number of nitrogens with zero attached hydrogens (tertiary/aromatic N) is 4. The molecule has 0 spiro atoms. The first-order valence-electron chi connectivity index (χ1n) is 8.94. The molecule has 0 aliphatic heterocycles. The van der Waals surface area contributed by atoms with Crippen molar-refractivity contribution in [2.45, 2.75) is 45.2 Å². The van der Waals surface area contributed by atoms with Gasteiger partial charge in [-0.05, 0) is 25.8 Å². The van der Waals surface area contributed by atoms with Crippen LogP contribution in [-0.2, 0) is 11.3 Å². The van der Waals surface area contributed by atoms with Gasteiger partial charge in [0.05, 0.1) is 5.69 Å². The molecule has 1 aliphatic carbocycles. The summed E-state index contributed by atoms with van der Waals surface area (Å²) in [7, 11) is 0. The van der Waals surface area contributed by atoms with Crippen molar-refractivity contribution in [3.05, 3.63) is 52.6 Å². The molecule has 1 N–H and O–H groups in total. The fourth-order valence-corrected chi connectivity index (χ4v) is 3.51. The van der Waals surface area contributed by atoms with Gasteiger partial charge < -0.3 is 5.32 Å². The normalized spacial score (nSPS) is 14.8. The highest BCUT2D eigenvalue weighted by atomic mass is 16.2. The second-order valence-corrected chi connectivity index (χ2v) is 6.75. The summed E-state index contributed by atoms with van der Waals surface area (Å²) in [6.45, 7) is 1.71. The molecule has 0 unspecified atom stereocenters. The van der Waals surface area contributed by atoms with Crippen molar-refractivity contribution in [3.8, 4) is 11.3 Å². The largest absolute Gasteiger partial charge is 0.352 e. The van der Waals surface area contributed by atoms with Crippen LogP contribution in [0.4, 0.5) is 0 Å². The number of hydrogen-bond acceptors (Lipinski definition) is 4. The van der Waals surface area contributed by atoms with E-state index in [2.05, 4.69) is 15.5 Å². The van der Waals surface area contributed by atoms with Crippen LogP contribution >= 0.6 is 0 Å². The first kappa shape index (κ1) is 16.5. The van der Waals surface area contributed by atoms with Crippen LogP contribution < -0.4 is 10.9 Å². The van der Waals surface area contributed by atoms with Gasteiger partial charge in [-0.3, -0.25) is 9.59 Å². The summed E-state index contributed by atoms with van der Waals surface area (Å²) < 4.78 is 2.77. The number of amides is 1. The molecule has 1 aromatic carbocycles. The second kappa shape index (κ2) is 6.74. The Balaban J connectivity index is 1.65. The van der Waals surface area contributed by atoms with E-state index < -0.39 is 0 Å². The molecule has 26 heavy (non-hydrogen) atoms. The Morgan fingerprint density at radius 2 is 1.92 bits per heavy atom. The van der Waals surface area contributed by atoms with Crippen molar-refractivity contribution < 1.29 is 4.79 Å². The fraction of sp³-hybridized carbons (Fsp3) is 0.368. The van der Waals surface area contributed by atoms with Crippen LogP contribution in [0.2, 0.25) is 0 Å². The monoisotopic (exact) mass is 351 g/mol. The van der Waals surface area contributed by atoms with Gasteiger partial charge in [0.1, 0.15) is 17.9 Å². The topological polar surface area (TPSA) is 81.3 Å². The molecule has 7 nitrogen and oxygen atoms in total. The van der Waals surface area contributed by atoms with Gasteiger partial charge in [0.25, 0.3) is 5.56 Å². The lowest BCUT2D eigenvalue weighted by molar-refractivity contribution is -0.122.